The fraction of sp³-hybridized carbons (Fsp3) is 0.462. The Morgan fingerprint density at radius 1 is 1.45 bits per heavy atom. The van der Waals surface area contributed by atoms with Gasteiger partial charge < -0.3 is 0 Å². The van der Waals surface area contributed by atoms with Gasteiger partial charge >= 0.3 is 5.69 Å². The highest BCUT2D eigenvalue weighted by molar-refractivity contribution is 7.99. The lowest BCUT2D eigenvalue weighted by molar-refractivity contribution is 0.102. The first-order chi connectivity index (χ1) is 9.65. The van der Waals surface area contributed by atoms with Crippen molar-refractivity contribution >= 4 is 28.9 Å². The number of carbonyl (C=O) groups is 1. The van der Waals surface area contributed by atoms with Crippen molar-refractivity contribution in [2.75, 3.05) is 5.75 Å². The van der Waals surface area contributed by atoms with Crippen LogP contribution in [0, 0.1) is 0 Å². The lowest BCUT2D eigenvalue weighted by Gasteiger charge is -2.02. The summed E-state index contributed by atoms with van der Waals surface area (Å²) in [6, 6.07) is 3.86. The summed E-state index contributed by atoms with van der Waals surface area (Å²) in [6.07, 6.45) is 1.80. The molecular weight excluding hydrogens is 294 g/mol. The van der Waals surface area contributed by atoms with Crippen LogP contribution in [0.25, 0.3) is 0 Å². The summed E-state index contributed by atoms with van der Waals surface area (Å²) in [5.41, 5.74) is -0.216. The van der Waals surface area contributed by atoms with Gasteiger partial charge in [0.25, 0.3) is 0 Å². The predicted octanol–water partition coefficient (Wildman–Crippen LogP) is 2.58. The second-order valence-corrected chi connectivity index (χ2v) is 6.41. The Kier molecular flexibility index (Phi) is 5.19. The van der Waals surface area contributed by atoms with Crippen molar-refractivity contribution in [2.45, 2.75) is 38.4 Å². The number of ketones is 1. The number of rotatable bonds is 7. The molecular formula is C13H17N3O2S2. The number of Topliss-reactive ketones (excluding diaryl/α,β-unsaturated/α-hetero) is 1. The summed E-state index contributed by atoms with van der Waals surface area (Å²) in [4.78, 5) is 25.6. The number of carbonyl (C=O) groups excluding carboxylic acids is 1. The molecule has 2 aromatic rings. The number of hydrogen-bond donors (Lipinski definition) is 1. The van der Waals surface area contributed by atoms with Crippen molar-refractivity contribution in [3.8, 4) is 0 Å². The number of thiophene rings is 1. The highest BCUT2D eigenvalue weighted by atomic mass is 32.2. The molecule has 0 atom stereocenters. The van der Waals surface area contributed by atoms with Crippen LogP contribution in [0.1, 0.15) is 34.8 Å². The van der Waals surface area contributed by atoms with Crippen LogP contribution in [0.15, 0.2) is 22.1 Å². The van der Waals surface area contributed by atoms with Crippen molar-refractivity contribution < 1.29 is 4.79 Å². The van der Waals surface area contributed by atoms with Gasteiger partial charge in [-0.2, -0.15) is 0 Å². The minimum Gasteiger partial charge on any atom is -0.292 e. The average Bonchev–Trinajstić information content (AvgIpc) is 3.05. The fourth-order valence-corrected chi connectivity index (χ4v) is 3.59. The third-order valence-electron chi connectivity index (χ3n) is 2.79. The molecule has 5 nitrogen and oxygen atoms in total. The van der Waals surface area contributed by atoms with Crippen LogP contribution >= 0.6 is 23.1 Å². The molecule has 0 spiro atoms. The molecule has 0 aromatic carbocycles. The third-order valence-corrected chi connectivity index (χ3v) is 5.03. The van der Waals surface area contributed by atoms with E-state index in [4.69, 9.17) is 0 Å². The van der Waals surface area contributed by atoms with Gasteiger partial charge in [-0.3, -0.25) is 9.36 Å². The Labute approximate surface area is 125 Å². The number of hydrogen-bond acceptors (Lipinski definition) is 5. The molecule has 0 unspecified atom stereocenters. The lowest BCUT2D eigenvalue weighted by Crippen LogP contribution is -2.17. The van der Waals surface area contributed by atoms with Gasteiger partial charge in [0, 0.05) is 11.4 Å². The van der Waals surface area contributed by atoms with E-state index in [0.29, 0.717) is 17.5 Å². The first-order valence-corrected chi connectivity index (χ1v) is 8.35. The van der Waals surface area contributed by atoms with Gasteiger partial charge in [-0.05, 0) is 25.0 Å². The number of nitrogens with zero attached hydrogens (tertiary/aromatic N) is 2. The molecule has 0 amide bonds. The van der Waals surface area contributed by atoms with Crippen LogP contribution in [0.3, 0.4) is 0 Å². The van der Waals surface area contributed by atoms with E-state index in [9.17, 15) is 9.59 Å². The zero-order valence-corrected chi connectivity index (χ0v) is 13.1. The smallest absolute Gasteiger partial charge is 0.292 e. The summed E-state index contributed by atoms with van der Waals surface area (Å²) in [7, 11) is 0. The second-order valence-electron chi connectivity index (χ2n) is 4.29. The monoisotopic (exact) mass is 311 g/mol. The molecule has 0 aliphatic rings. The summed E-state index contributed by atoms with van der Waals surface area (Å²) in [6.45, 7) is 4.68. The van der Waals surface area contributed by atoms with Crippen LogP contribution in [-0.2, 0) is 13.0 Å². The highest BCUT2D eigenvalue weighted by Gasteiger charge is 2.13. The molecule has 2 rings (SSSR count). The number of aryl methyl sites for hydroxylation is 1. The van der Waals surface area contributed by atoms with Gasteiger partial charge in [-0.25, -0.2) is 9.89 Å². The molecule has 0 saturated heterocycles. The number of thioether (sulfide) groups is 1. The van der Waals surface area contributed by atoms with Crippen LogP contribution in [0.4, 0.5) is 0 Å². The van der Waals surface area contributed by atoms with E-state index in [1.54, 1.807) is 4.57 Å². The zero-order chi connectivity index (χ0) is 14.5. The normalized spacial score (nSPS) is 10.9. The van der Waals surface area contributed by atoms with Gasteiger partial charge in [0.15, 0.2) is 10.9 Å². The van der Waals surface area contributed by atoms with Crippen LogP contribution in [0.2, 0.25) is 0 Å². The summed E-state index contributed by atoms with van der Waals surface area (Å²) in [5, 5.41) is 6.97. The topological polar surface area (TPSA) is 67.8 Å². The molecule has 2 aromatic heterocycles. The van der Waals surface area contributed by atoms with Gasteiger partial charge in [-0.1, -0.05) is 25.6 Å². The van der Waals surface area contributed by atoms with Gasteiger partial charge in [0.2, 0.25) is 0 Å². The lowest BCUT2D eigenvalue weighted by atomic mass is 10.3. The van der Waals surface area contributed by atoms with Gasteiger partial charge in [-0.15, -0.1) is 16.4 Å². The molecule has 1 N–H and O–H groups in total. The van der Waals surface area contributed by atoms with E-state index in [-0.39, 0.29) is 11.5 Å². The zero-order valence-electron chi connectivity index (χ0n) is 11.5. The van der Waals surface area contributed by atoms with Crippen LogP contribution in [-0.4, -0.2) is 26.3 Å². The summed E-state index contributed by atoms with van der Waals surface area (Å²) in [5.74, 6) is 0.385. The molecule has 0 bridgehead atoms. The molecule has 0 aliphatic carbocycles. The Morgan fingerprint density at radius 3 is 2.90 bits per heavy atom. The molecule has 0 aliphatic heterocycles. The number of aromatic amines is 1. The molecule has 20 heavy (non-hydrogen) atoms. The van der Waals surface area contributed by atoms with Crippen LogP contribution in [0.5, 0.6) is 0 Å². The maximum atomic E-state index is 12.1. The van der Waals surface area contributed by atoms with Gasteiger partial charge in [0.1, 0.15) is 0 Å². The summed E-state index contributed by atoms with van der Waals surface area (Å²) >= 11 is 2.84. The average molecular weight is 311 g/mol. The number of aromatic nitrogens is 3. The maximum absolute atomic E-state index is 12.1. The van der Waals surface area contributed by atoms with E-state index >= 15 is 0 Å². The third kappa shape index (κ3) is 3.40. The second kappa shape index (κ2) is 6.90. The van der Waals surface area contributed by atoms with Crippen molar-refractivity contribution in [2.24, 2.45) is 0 Å². The maximum Gasteiger partial charge on any atom is 0.343 e. The Bertz CT molecular complexity index is 642. The molecule has 0 fully saturated rings. The Morgan fingerprint density at radius 2 is 2.25 bits per heavy atom. The summed E-state index contributed by atoms with van der Waals surface area (Å²) < 4.78 is 1.57. The standard InChI is InChI=1S/C13H17N3O2S2/c1-3-7-16-12(18)14-15-13(16)19-8-10(17)11-6-5-9(4-2)20-11/h5-6H,3-4,7-8H2,1-2H3,(H,14,18). The first kappa shape index (κ1) is 15.1. The van der Waals surface area contributed by atoms with Crippen molar-refractivity contribution in [1.29, 1.82) is 0 Å². The minimum absolute atomic E-state index is 0.0817. The van der Waals surface area contributed by atoms with E-state index in [0.717, 1.165) is 17.7 Å². The largest absolute Gasteiger partial charge is 0.343 e. The van der Waals surface area contributed by atoms with E-state index in [2.05, 4.69) is 17.1 Å². The SMILES string of the molecule is CCCn1c(SCC(=O)c2ccc(CC)s2)n[nH]c1=O. The van der Waals surface area contributed by atoms with E-state index < -0.39 is 0 Å². The van der Waals surface area contributed by atoms with Crippen LogP contribution < -0.4 is 5.69 Å². The van der Waals surface area contributed by atoms with Crippen molar-refractivity contribution in [3.05, 3.63) is 32.4 Å². The quantitative estimate of drug-likeness (QED) is 0.630. The molecule has 0 saturated carbocycles. The Balaban J connectivity index is 2.01. The Hall–Kier alpha value is -1.34. The van der Waals surface area contributed by atoms with Gasteiger partial charge in [0.05, 0.1) is 10.6 Å². The molecule has 7 heteroatoms. The predicted molar refractivity (Wildman–Crippen MR) is 81.9 cm³/mol. The molecule has 0 radical (unpaired) electrons. The number of nitrogens with one attached hydrogen (secondary N) is 1. The fourth-order valence-electron chi connectivity index (χ4n) is 1.75. The van der Waals surface area contributed by atoms with Crippen molar-refractivity contribution in [3.63, 3.8) is 0 Å². The van der Waals surface area contributed by atoms with E-state index in [1.165, 1.54) is 28.0 Å². The molecule has 108 valence electrons. The minimum atomic E-state index is -0.216. The van der Waals surface area contributed by atoms with Crippen molar-refractivity contribution in [1.82, 2.24) is 14.8 Å². The highest BCUT2D eigenvalue weighted by Crippen LogP contribution is 2.21. The van der Waals surface area contributed by atoms with E-state index in [1.807, 2.05) is 19.1 Å². The molecule has 2 heterocycles. The first-order valence-electron chi connectivity index (χ1n) is 6.55. The number of H-pyrrole nitrogens is 1.